The summed E-state index contributed by atoms with van der Waals surface area (Å²) in [7, 11) is 0. The van der Waals surface area contributed by atoms with Crippen molar-refractivity contribution in [3.05, 3.63) is 24.3 Å². The van der Waals surface area contributed by atoms with Crippen molar-refractivity contribution < 1.29 is 14.3 Å². The number of aromatic amines is 1. The Kier molecular flexibility index (Phi) is 5.73. The summed E-state index contributed by atoms with van der Waals surface area (Å²) in [4.78, 5) is 22.2. The summed E-state index contributed by atoms with van der Waals surface area (Å²) in [5.74, 6) is 1.50. The van der Waals surface area contributed by atoms with E-state index >= 15 is 0 Å². The lowest BCUT2D eigenvalue weighted by Crippen LogP contribution is -2.41. The largest absolute Gasteiger partial charge is 0.446 e. The van der Waals surface area contributed by atoms with Crippen LogP contribution < -0.4 is 5.32 Å². The minimum absolute atomic E-state index is 0.116. The van der Waals surface area contributed by atoms with Gasteiger partial charge in [-0.3, -0.25) is 9.30 Å². The third-order valence-corrected chi connectivity index (χ3v) is 6.55. The van der Waals surface area contributed by atoms with Crippen LogP contribution in [0.2, 0.25) is 0 Å². The van der Waals surface area contributed by atoms with Gasteiger partial charge in [-0.1, -0.05) is 13.3 Å². The first-order chi connectivity index (χ1) is 15.2. The molecule has 0 bridgehead atoms. The number of ether oxygens (including phenoxy) is 2. The van der Waals surface area contributed by atoms with Gasteiger partial charge in [0.05, 0.1) is 24.9 Å². The maximum atomic E-state index is 12.4. The summed E-state index contributed by atoms with van der Waals surface area (Å²) in [6, 6.07) is 1.99. The molecule has 3 aromatic heterocycles. The summed E-state index contributed by atoms with van der Waals surface area (Å²) < 4.78 is 13.2. The molecule has 3 atom stereocenters. The van der Waals surface area contributed by atoms with Crippen molar-refractivity contribution in [1.29, 1.82) is 0 Å². The summed E-state index contributed by atoms with van der Waals surface area (Å²) in [5, 5.41) is 11.7. The molecule has 2 fully saturated rings. The standard InChI is InChI=1S/C21H29N7O3/c1-2-14-11-15(31-21(29)23-5-6-27-7-9-30-10-8-27)12-16(14)20-26-25-18-13-24-19-17(28(18)20)3-4-22-19/h3-4,13-16,22H,2,5-12H2,1H3,(H,23,29). The summed E-state index contributed by atoms with van der Waals surface area (Å²) >= 11 is 0. The van der Waals surface area contributed by atoms with Gasteiger partial charge in [-0.25, -0.2) is 9.78 Å². The van der Waals surface area contributed by atoms with E-state index in [4.69, 9.17) is 9.47 Å². The highest BCUT2D eigenvalue weighted by Crippen LogP contribution is 2.42. The van der Waals surface area contributed by atoms with Gasteiger partial charge in [-0.05, 0) is 24.8 Å². The number of fused-ring (bicyclic) bond motifs is 3. The Morgan fingerprint density at radius 2 is 2.19 bits per heavy atom. The summed E-state index contributed by atoms with van der Waals surface area (Å²) in [6.45, 7) is 6.92. The second-order valence-electron chi connectivity index (χ2n) is 8.38. The van der Waals surface area contributed by atoms with Crippen molar-refractivity contribution in [2.75, 3.05) is 39.4 Å². The number of hydrogen-bond donors (Lipinski definition) is 2. The quantitative estimate of drug-likeness (QED) is 0.619. The van der Waals surface area contributed by atoms with Crippen LogP contribution in [0.5, 0.6) is 0 Å². The van der Waals surface area contributed by atoms with Crippen LogP contribution in [-0.4, -0.2) is 81.1 Å². The van der Waals surface area contributed by atoms with Gasteiger partial charge in [0, 0.05) is 38.3 Å². The minimum Gasteiger partial charge on any atom is -0.446 e. The lowest BCUT2D eigenvalue weighted by molar-refractivity contribution is 0.0378. The van der Waals surface area contributed by atoms with E-state index < -0.39 is 0 Å². The maximum absolute atomic E-state index is 12.4. The van der Waals surface area contributed by atoms with Gasteiger partial charge in [0.2, 0.25) is 0 Å². The van der Waals surface area contributed by atoms with Crippen LogP contribution in [0.3, 0.4) is 0 Å². The Hall–Kier alpha value is -2.72. The summed E-state index contributed by atoms with van der Waals surface area (Å²) in [5.41, 5.74) is 2.52. The van der Waals surface area contributed by atoms with E-state index in [0.29, 0.717) is 12.5 Å². The highest BCUT2D eigenvalue weighted by molar-refractivity contribution is 5.74. The van der Waals surface area contributed by atoms with Crippen molar-refractivity contribution in [3.63, 3.8) is 0 Å². The first-order valence-corrected chi connectivity index (χ1v) is 11.1. The molecule has 0 radical (unpaired) electrons. The monoisotopic (exact) mass is 427 g/mol. The van der Waals surface area contributed by atoms with Gasteiger partial charge in [0.25, 0.3) is 0 Å². The molecule has 10 nitrogen and oxygen atoms in total. The average molecular weight is 428 g/mol. The third-order valence-electron chi connectivity index (χ3n) is 6.55. The molecule has 1 amide bonds. The molecule has 2 aliphatic rings. The molecule has 1 aliphatic carbocycles. The molecule has 166 valence electrons. The molecule has 3 aromatic rings. The number of alkyl carbamates (subject to hydrolysis) is 1. The predicted octanol–water partition coefficient (Wildman–Crippen LogP) is 1.94. The Morgan fingerprint density at radius 1 is 1.32 bits per heavy atom. The second-order valence-corrected chi connectivity index (χ2v) is 8.38. The Morgan fingerprint density at radius 3 is 3.03 bits per heavy atom. The van der Waals surface area contributed by atoms with E-state index in [-0.39, 0.29) is 18.1 Å². The fourth-order valence-electron chi connectivity index (χ4n) is 4.91. The highest BCUT2D eigenvalue weighted by atomic mass is 16.6. The van der Waals surface area contributed by atoms with Crippen LogP contribution in [0.1, 0.15) is 37.9 Å². The fraction of sp³-hybridized carbons (Fsp3) is 0.619. The molecular formula is C21H29N7O3. The van der Waals surface area contributed by atoms with E-state index in [1.54, 1.807) is 6.20 Å². The van der Waals surface area contributed by atoms with Crippen molar-refractivity contribution in [2.24, 2.45) is 5.92 Å². The van der Waals surface area contributed by atoms with Crippen molar-refractivity contribution in [2.45, 2.75) is 38.2 Å². The number of nitrogens with zero attached hydrogens (tertiary/aromatic N) is 5. The van der Waals surface area contributed by atoms with E-state index in [1.807, 2.05) is 12.3 Å². The molecule has 1 saturated heterocycles. The third kappa shape index (κ3) is 4.09. The lowest BCUT2D eigenvalue weighted by Gasteiger charge is -2.26. The normalized spacial score (nSPS) is 24.7. The minimum atomic E-state index is -0.336. The zero-order chi connectivity index (χ0) is 21.2. The number of aromatic nitrogens is 5. The van der Waals surface area contributed by atoms with E-state index in [1.165, 1.54) is 0 Å². The molecule has 5 rings (SSSR count). The van der Waals surface area contributed by atoms with Gasteiger partial charge < -0.3 is 19.8 Å². The van der Waals surface area contributed by atoms with Crippen molar-refractivity contribution >= 4 is 22.9 Å². The molecule has 2 N–H and O–H groups in total. The highest BCUT2D eigenvalue weighted by Gasteiger charge is 2.39. The number of H-pyrrole nitrogens is 1. The Labute approximate surface area is 180 Å². The number of nitrogens with one attached hydrogen (secondary N) is 2. The molecule has 1 saturated carbocycles. The Bertz CT molecular complexity index is 1040. The molecular weight excluding hydrogens is 398 g/mol. The number of carbonyl (C=O) groups excluding carboxylic acids is 1. The predicted molar refractivity (Wildman–Crippen MR) is 114 cm³/mol. The molecule has 10 heteroatoms. The number of carbonyl (C=O) groups is 1. The van der Waals surface area contributed by atoms with Crippen LogP contribution in [0, 0.1) is 5.92 Å². The SMILES string of the molecule is CCC1CC(OC(=O)NCCN2CCOCC2)CC1c1nnc2cnc3[nH]ccc3n12. The second kappa shape index (κ2) is 8.80. The number of morpholine rings is 1. The smallest absolute Gasteiger partial charge is 0.407 e. The van der Waals surface area contributed by atoms with E-state index in [0.717, 1.165) is 74.7 Å². The Balaban J connectivity index is 1.23. The molecule has 0 aromatic carbocycles. The molecule has 1 aliphatic heterocycles. The maximum Gasteiger partial charge on any atom is 0.407 e. The zero-order valence-corrected chi connectivity index (χ0v) is 17.8. The van der Waals surface area contributed by atoms with Gasteiger partial charge in [-0.15, -0.1) is 10.2 Å². The van der Waals surface area contributed by atoms with Crippen molar-refractivity contribution in [3.8, 4) is 0 Å². The first-order valence-electron chi connectivity index (χ1n) is 11.1. The van der Waals surface area contributed by atoms with Crippen LogP contribution in [0.15, 0.2) is 18.5 Å². The van der Waals surface area contributed by atoms with Gasteiger partial charge in [0.15, 0.2) is 11.3 Å². The van der Waals surface area contributed by atoms with E-state index in [2.05, 4.69) is 41.7 Å². The van der Waals surface area contributed by atoms with Gasteiger partial charge in [0.1, 0.15) is 11.9 Å². The fourth-order valence-corrected chi connectivity index (χ4v) is 4.91. The van der Waals surface area contributed by atoms with Crippen LogP contribution in [0.4, 0.5) is 4.79 Å². The number of hydrogen-bond acceptors (Lipinski definition) is 7. The van der Waals surface area contributed by atoms with Gasteiger partial charge in [-0.2, -0.15) is 0 Å². The average Bonchev–Trinajstić information content (AvgIpc) is 3.51. The number of amides is 1. The molecule has 0 spiro atoms. The lowest BCUT2D eigenvalue weighted by atomic mass is 9.93. The van der Waals surface area contributed by atoms with E-state index in [9.17, 15) is 4.79 Å². The van der Waals surface area contributed by atoms with Crippen molar-refractivity contribution in [1.82, 2.24) is 34.8 Å². The summed E-state index contributed by atoms with van der Waals surface area (Å²) in [6.07, 6.45) is 5.76. The topological polar surface area (TPSA) is 110 Å². The van der Waals surface area contributed by atoms with Crippen LogP contribution in [-0.2, 0) is 9.47 Å². The van der Waals surface area contributed by atoms with Gasteiger partial charge >= 0.3 is 6.09 Å². The van der Waals surface area contributed by atoms with Crippen LogP contribution >= 0.6 is 0 Å². The molecule has 3 unspecified atom stereocenters. The number of rotatable bonds is 6. The molecule has 4 heterocycles. The first kappa shape index (κ1) is 20.2. The van der Waals surface area contributed by atoms with Crippen LogP contribution in [0.25, 0.3) is 16.8 Å². The molecule has 31 heavy (non-hydrogen) atoms. The zero-order valence-electron chi connectivity index (χ0n) is 17.8.